The van der Waals surface area contributed by atoms with E-state index in [0.29, 0.717) is 12.8 Å². The number of carbonyl (C=O) groups excluding carboxylic acids is 2. The Morgan fingerprint density at radius 3 is 2.75 bits per heavy atom. The minimum atomic E-state index is -0.556. The molecule has 0 unspecified atom stereocenters. The average Bonchev–Trinajstić information content (AvgIpc) is 2.34. The van der Waals surface area contributed by atoms with Gasteiger partial charge in [0.1, 0.15) is 0 Å². The van der Waals surface area contributed by atoms with Crippen molar-refractivity contribution in [1.29, 1.82) is 0 Å². The first-order valence-corrected chi connectivity index (χ1v) is 4.09. The summed E-state index contributed by atoms with van der Waals surface area (Å²) in [6.07, 6.45) is 0.313. The van der Waals surface area contributed by atoms with Crippen LogP contribution in [0.25, 0.3) is 0 Å². The van der Waals surface area contributed by atoms with Crippen molar-refractivity contribution in [2.24, 2.45) is 0 Å². The Balaban J connectivity index is 2.38. The van der Waals surface area contributed by atoms with Gasteiger partial charge in [-0.25, -0.2) is 0 Å². The molecule has 0 aromatic rings. The smallest absolute Gasteiger partial charge is 0.306 e. The second-order valence-corrected chi connectivity index (χ2v) is 3.18. The van der Waals surface area contributed by atoms with Gasteiger partial charge in [0, 0.05) is 18.9 Å². The molecule has 0 bridgehead atoms. The predicted molar refractivity (Wildman–Crippen MR) is 42.4 cm³/mol. The van der Waals surface area contributed by atoms with Crippen molar-refractivity contribution >= 4 is 11.9 Å². The van der Waals surface area contributed by atoms with Crippen molar-refractivity contribution in [3.8, 4) is 0 Å². The summed E-state index contributed by atoms with van der Waals surface area (Å²) in [5.41, 5.74) is 0. The van der Waals surface area contributed by atoms with Gasteiger partial charge in [-0.2, -0.15) is 0 Å². The van der Waals surface area contributed by atoms with Gasteiger partial charge < -0.3 is 10.1 Å². The monoisotopic (exact) mass is 171 g/mol. The first kappa shape index (κ1) is 9.03. The summed E-state index contributed by atoms with van der Waals surface area (Å²) in [6.45, 7) is 3.74. The van der Waals surface area contributed by atoms with Crippen LogP contribution in [0.15, 0.2) is 0 Å². The zero-order chi connectivity index (χ0) is 9.14. The van der Waals surface area contributed by atoms with Gasteiger partial charge in [0.25, 0.3) is 5.91 Å². The largest absolute Gasteiger partial charge is 0.452 e. The lowest BCUT2D eigenvalue weighted by Crippen LogP contribution is -2.38. The number of amides is 1. The third-order valence-electron chi connectivity index (χ3n) is 1.61. The van der Waals surface area contributed by atoms with Crippen LogP contribution in [0.4, 0.5) is 0 Å². The van der Waals surface area contributed by atoms with E-state index in [-0.39, 0.29) is 17.9 Å². The van der Waals surface area contributed by atoms with E-state index < -0.39 is 6.10 Å². The average molecular weight is 171 g/mol. The van der Waals surface area contributed by atoms with Crippen LogP contribution < -0.4 is 5.32 Å². The topological polar surface area (TPSA) is 55.4 Å². The van der Waals surface area contributed by atoms with E-state index in [1.165, 1.54) is 0 Å². The van der Waals surface area contributed by atoms with Crippen LogP contribution in [0.5, 0.6) is 0 Å². The zero-order valence-electron chi connectivity index (χ0n) is 7.29. The Labute approximate surface area is 71.3 Å². The van der Waals surface area contributed by atoms with Gasteiger partial charge in [-0.1, -0.05) is 0 Å². The van der Waals surface area contributed by atoms with Gasteiger partial charge in [-0.15, -0.1) is 0 Å². The number of esters is 1. The van der Waals surface area contributed by atoms with E-state index in [1.807, 2.05) is 13.8 Å². The second-order valence-electron chi connectivity index (χ2n) is 3.18. The first-order chi connectivity index (χ1) is 5.59. The molecule has 12 heavy (non-hydrogen) atoms. The molecule has 1 heterocycles. The Bertz CT molecular complexity index is 200. The molecule has 0 aromatic carbocycles. The number of hydrogen-bond donors (Lipinski definition) is 1. The maximum absolute atomic E-state index is 11.2. The molecule has 0 aliphatic carbocycles. The first-order valence-electron chi connectivity index (χ1n) is 4.09. The summed E-state index contributed by atoms with van der Waals surface area (Å²) in [5.74, 6) is -0.463. The number of ether oxygens (including phenoxy) is 1. The lowest BCUT2D eigenvalue weighted by atomic mass is 10.2. The fraction of sp³-hybridized carbons (Fsp3) is 0.750. The molecule has 0 spiro atoms. The van der Waals surface area contributed by atoms with Gasteiger partial charge >= 0.3 is 5.97 Å². The Morgan fingerprint density at radius 2 is 2.33 bits per heavy atom. The number of cyclic esters (lactones) is 1. The fourth-order valence-electron chi connectivity index (χ4n) is 1.09. The lowest BCUT2D eigenvalue weighted by molar-refractivity contribution is -0.148. The van der Waals surface area contributed by atoms with Crippen LogP contribution in [0.3, 0.4) is 0 Å². The van der Waals surface area contributed by atoms with Gasteiger partial charge in [0.05, 0.1) is 0 Å². The minimum absolute atomic E-state index is 0.0943. The Kier molecular flexibility index (Phi) is 2.68. The van der Waals surface area contributed by atoms with Gasteiger partial charge in [-0.3, -0.25) is 9.59 Å². The fourth-order valence-corrected chi connectivity index (χ4v) is 1.09. The molecule has 1 aliphatic heterocycles. The standard InChI is InChI=1S/C8H13NO3/c1-5(2)9-8(11)6-3-4-7(10)12-6/h5-6H,3-4H2,1-2H3,(H,9,11)/t6-/m1/s1. The van der Waals surface area contributed by atoms with Crippen molar-refractivity contribution in [3.63, 3.8) is 0 Å². The molecule has 1 fully saturated rings. The highest BCUT2D eigenvalue weighted by Gasteiger charge is 2.29. The summed E-state index contributed by atoms with van der Waals surface area (Å²) >= 11 is 0. The van der Waals surface area contributed by atoms with E-state index >= 15 is 0 Å². The van der Waals surface area contributed by atoms with E-state index in [1.54, 1.807) is 0 Å². The number of hydrogen-bond acceptors (Lipinski definition) is 3. The van der Waals surface area contributed by atoms with Crippen LogP contribution in [-0.4, -0.2) is 24.0 Å². The SMILES string of the molecule is CC(C)NC(=O)[C@H]1CCC(=O)O1. The Hall–Kier alpha value is -1.06. The van der Waals surface area contributed by atoms with E-state index in [4.69, 9.17) is 4.74 Å². The van der Waals surface area contributed by atoms with Crippen molar-refractivity contribution in [1.82, 2.24) is 5.32 Å². The summed E-state index contributed by atoms with van der Waals surface area (Å²) in [6, 6.07) is 0.0943. The van der Waals surface area contributed by atoms with Crippen LogP contribution in [0.2, 0.25) is 0 Å². The number of rotatable bonds is 2. The Morgan fingerprint density at radius 1 is 1.67 bits per heavy atom. The summed E-state index contributed by atoms with van der Waals surface area (Å²) in [7, 11) is 0. The molecule has 4 heteroatoms. The van der Waals surface area contributed by atoms with Crippen molar-refractivity contribution < 1.29 is 14.3 Å². The summed E-state index contributed by atoms with van der Waals surface area (Å²) in [4.78, 5) is 21.9. The predicted octanol–water partition coefficient (Wildman–Crippen LogP) is 0.217. The molecule has 1 N–H and O–H groups in total. The number of nitrogens with one attached hydrogen (secondary N) is 1. The van der Waals surface area contributed by atoms with E-state index in [9.17, 15) is 9.59 Å². The maximum Gasteiger partial charge on any atom is 0.306 e. The minimum Gasteiger partial charge on any atom is -0.452 e. The lowest BCUT2D eigenvalue weighted by Gasteiger charge is -2.12. The van der Waals surface area contributed by atoms with Gasteiger partial charge in [-0.05, 0) is 13.8 Å². The molecular formula is C8H13NO3. The molecule has 1 aliphatic rings. The van der Waals surface area contributed by atoms with E-state index in [0.717, 1.165) is 0 Å². The van der Waals surface area contributed by atoms with Crippen molar-refractivity contribution in [2.45, 2.75) is 38.8 Å². The normalized spacial score (nSPS) is 22.6. The van der Waals surface area contributed by atoms with Crippen molar-refractivity contribution in [3.05, 3.63) is 0 Å². The van der Waals surface area contributed by atoms with Gasteiger partial charge in [0.15, 0.2) is 6.10 Å². The molecular weight excluding hydrogens is 158 g/mol. The van der Waals surface area contributed by atoms with Crippen LogP contribution >= 0.6 is 0 Å². The molecule has 0 saturated carbocycles. The highest BCUT2D eigenvalue weighted by molar-refractivity contribution is 5.86. The van der Waals surface area contributed by atoms with Crippen LogP contribution in [-0.2, 0) is 14.3 Å². The molecule has 0 radical (unpaired) electrons. The number of carbonyl (C=O) groups is 2. The van der Waals surface area contributed by atoms with Crippen molar-refractivity contribution in [2.75, 3.05) is 0 Å². The van der Waals surface area contributed by atoms with Crippen LogP contribution in [0, 0.1) is 0 Å². The third kappa shape index (κ3) is 2.22. The van der Waals surface area contributed by atoms with E-state index in [2.05, 4.69) is 5.32 Å². The summed E-state index contributed by atoms with van der Waals surface area (Å²) in [5, 5.41) is 2.69. The molecule has 1 rings (SSSR count). The highest BCUT2D eigenvalue weighted by atomic mass is 16.6. The molecule has 68 valence electrons. The molecule has 1 atom stereocenters. The molecule has 1 amide bonds. The molecule has 0 aromatic heterocycles. The quantitative estimate of drug-likeness (QED) is 0.604. The third-order valence-corrected chi connectivity index (χ3v) is 1.61. The highest BCUT2D eigenvalue weighted by Crippen LogP contribution is 2.13. The molecule has 1 saturated heterocycles. The summed E-state index contributed by atoms with van der Waals surface area (Å²) < 4.78 is 4.77. The second kappa shape index (κ2) is 3.56. The van der Waals surface area contributed by atoms with Crippen LogP contribution in [0.1, 0.15) is 26.7 Å². The zero-order valence-corrected chi connectivity index (χ0v) is 7.29. The van der Waals surface area contributed by atoms with Gasteiger partial charge in [0.2, 0.25) is 0 Å². The maximum atomic E-state index is 11.2. The molecule has 4 nitrogen and oxygen atoms in total.